The van der Waals surface area contributed by atoms with Gasteiger partial charge in [-0.25, -0.2) is 0 Å². The van der Waals surface area contributed by atoms with Gasteiger partial charge in [-0.3, -0.25) is 14.5 Å². The van der Waals surface area contributed by atoms with Crippen molar-refractivity contribution in [3.8, 4) is 0 Å². The molecule has 1 heterocycles. The van der Waals surface area contributed by atoms with Crippen LogP contribution < -0.4 is 5.11 Å². The van der Waals surface area contributed by atoms with Gasteiger partial charge in [0.2, 0.25) is 0 Å². The molecule has 1 aromatic rings. The lowest BCUT2D eigenvalue weighted by Crippen LogP contribution is -2.53. The average molecular weight is 398 g/mol. The van der Waals surface area contributed by atoms with E-state index < -0.39 is 29.7 Å². The van der Waals surface area contributed by atoms with Crippen LogP contribution in [0.1, 0.15) is 41.0 Å². The molecule has 0 bridgehead atoms. The Kier molecular flexibility index (Phi) is 5.16. The van der Waals surface area contributed by atoms with E-state index in [-0.39, 0.29) is 31.2 Å². The van der Waals surface area contributed by atoms with Crippen LogP contribution in [-0.4, -0.2) is 28.7 Å². The molecule has 0 saturated carbocycles. The van der Waals surface area contributed by atoms with Crippen molar-refractivity contribution in [1.82, 2.24) is 4.90 Å². The number of carboxylic acid groups (broad SMARTS) is 1. The molecule has 9 heteroatoms. The van der Waals surface area contributed by atoms with Crippen molar-refractivity contribution < 1.29 is 19.5 Å². The third-order valence-corrected chi connectivity index (χ3v) is 5.64. The summed E-state index contributed by atoms with van der Waals surface area (Å²) in [5.74, 6) is -3.83. The molecule has 2 atom stereocenters. The Labute approximate surface area is 152 Å². The van der Waals surface area contributed by atoms with Crippen molar-refractivity contribution in [2.45, 2.75) is 26.3 Å². The number of imide groups is 1. The van der Waals surface area contributed by atoms with Crippen molar-refractivity contribution >= 4 is 64.2 Å². The van der Waals surface area contributed by atoms with Crippen LogP contribution in [0.25, 0.3) is 0 Å². The first kappa shape index (κ1) is 18.3. The van der Waals surface area contributed by atoms with E-state index in [0.717, 1.165) is 0 Å². The minimum Gasteiger partial charge on any atom is -0.548 e. The fourth-order valence-corrected chi connectivity index (χ4v) is 3.45. The number of amides is 2. The molecule has 23 heavy (non-hydrogen) atoms. The minimum atomic E-state index is -1.54. The highest BCUT2D eigenvalue weighted by atomic mass is 35.5. The lowest BCUT2D eigenvalue weighted by atomic mass is 9.98. The van der Waals surface area contributed by atoms with E-state index in [2.05, 4.69) is 0 Å². The molecule has 0 radical (unpaired) electrons. The average Bonchev–Trinajstić information content (AvgIpc) is 2.75. The van der Waals surface area contributed by atoms with Gasteiger partial charge in [-0.15, -0.1) is 0 Å². The van der Waals surface area contributed by atoms with Gasteiger partial charge in [0.05, 0.1) is 43.2 Å². The van der Waals surface area contributed by atoms with Crippen molar-refractivity contribution in [2.75, 3.05) is 0 Å². The van der Waals surface area contributed by atoms with Gasteiger partial charge in [-0.05, 0) is 5.92 Å². The maximum Gasteiger partial charge on any atom is 0.263 e. The van der Waals surface area contributed by atoms with Crippen molar-refractivity contribution in [3.63, 3.8) is 0 Å². The Morgan fingerprint density at radius 3 is 1.70 bits per heavy atom. The number of rotatable bonds is 4. The number of carboxylic acids is 1. The molecule has 0 N–H and O–H groups in total. The first-order chi connectivity index (χ1) is 10.6. The molecule has 124 valence electrons. The number of halogens is 4. The SMILES string of the molecule is CCC(C)C(C(=O)[O-])N1C(=O)c2c(Cl)c(Cl)c(Cl)c(Cl)c2C1=O. The molecule has 0 saturated heterocycles. The van der Waals surface area contributed by atoms with Crippen molar-refractivity contribution in [3.05, 3.63) is 31.2 Å². The van der Waals surface area contributed by atoms with Crippen LogP contribution in [0, 0.1) is 5.92 Å². The smallest absolute Gasteiger partial charge is 0.263 e. The second-order valence-electron chi connectivity index (χ2n) is 5.14. The highest BCUT2D eigenvalue weighted by Gasteiger charge is 2.46. The summed E-state index contributed by atoms with van der Waals surface area (Å²) < 4.78 is 0. The Morgan fingerprint density at radius 1 is 1.00 bits per heavy atom. The van der Waals surface area contributed by atoms with E-state index in [1.807, 2.05) is 0 Å². The van der Waals surface area contributed by atoms with E-state index in [0.29, 0.717) is 11.3 Å². The van der Waals surface area contributed by atoms with Gasteiger partial charge < -0.3 is 9.90 Å². The third kappa shape index (κ3) is 2.70. The summed E-state index contributed by atoms with van der Waals surface area (Å²) in [7, 11) is 0. The molecule has 0 fully saturated rings. The van der Waals surface area contributed by atoms with Crippen LogP contribution in [0.3, 0.4) is 0 Å². The number of fused-ring (bicyclic) bond motifs is 1. The van der Waals surface area contributed by atoms with Gasteiger partial charge >= 0.3 is 0 Å². The Balaban J connectivity index is 2.69. The van der Waals surface area contributed by atoms with Gasteiger partial charge in [-0.1, -0.05) is 66.7 Å². The zero-order valence-corrected chi connectivity index (χ0v) is 15.0. The number of hydrogen-bond acceptors (Lipinski definition) is 4. The van der Waals surface area contributed by atoms with Gasteiger partial charge in [0.15, 0.2) is 0 Å². The zero-order valence-electron chi connectivity index (χ0n) is 12.0. The molecular formula is C14H10Cl4NO4-. The molecule has 2 unspecified atom stereocenters. The summed E-state index contributed by atoms with van der Waals surface area (Å²) >= 11 is 23.8. The zero-order chi connectivity index (χ0) is 17.6. The number of carbonyl (C=O) groups excluding carboxylic acids is 3. The van der Waals surface area contributed by atoms with E-state index in [4.69, 9.17) is 46.4 Å². The summed E-state index contributed by atoms with van der Waals surface area (Å²) in [6.45, 7) is 3.32. The number of benzene rings is 1. The van der Waals surface area contributed by atoms with E-state index in [1.54, 1.807) is 13.8 Å². The van der Waals surface area contributed by atoms with E-state index in [9.17, 15) is 19.5 Å². The summed E-state index contributed by atoms with van der Waals surface area (Å²) in [5, 5.41) is 10.6. The van der Waals surface area contributed by atoms with Gasteiger partial charge in [0, 0.05) is 0 Å². The van der Waals surface area contributed by atoms with Gasteiger partial charge in [-0.2, -0.15) is 0 Å². The maximum atomic E-state index is 12.6. The highest BCUT2D eigenvalue weighted by molar-refractivity contribution is 6.55. The molecule has 2 rings (SSSR count). The molecule has 1 aromatic carbocycles. The molecular weight excluding hydrogens is 388 g/mol. The lowest BCUT2D eigenvalue weighted by molar-refractivity contribution is -0.311. The normalized spacial score (nSPS) is 16.5. The minimum absolute atomic E-state index is 0.173. The fraction of sp³-hybridized carbons (Fsp3) is 0.357. The largest absolute Gasteiger partial charge is 0.548 e. The lowest BCUT2D eigenvalue weighted by Gasteiger charge is -2.31. The Morgan fingerprint density at radius 2 is 1.39 bits per heavy atom. The molecule has 0 aliphatic carbocycles. The van der Waals surface area contributed by atoms with Crippen molar-refractivity contribution in [1.29, 1.82) is 0 Å². The van der Waals surface area contributed by atoms with E-state index in [1.165, 1.54) is 0 Å². The molecule has 0 spiro atoms. The standard InChI is InChI=1S/C14H11Cl4NO4/c1-3-4(2)11(14(22)23)19-12(20)5-6(13(19)21)8(16)10(18)9(17)7(5)15/h4,11H,3H2,1-2H3,(H,22,23)/p-1. The van der Waals surface area contributed by atoms with Crippen LogP contribution in [0.2, 0.25) is 20.1 Å². The summed E-state index contributed by atoms with van der Waals surface area (Å²) in [6.07, 6.45) is 0.412. The van der Waals surface area contributed by atoms with Gasteiger partial charge in [0.1, 0.15) is 0 Å². The van der Waals surface area contributed by atoms with E-state index >= 15 is 0 Å². The number of nitrogens with zero attached hydrogens (tertiary/aromatic N) is 1. The topological polar surface area (TPSA) is 77.5 Å². The number of hydrogen-bond donors (Lipinski definition) is 0. The second-order valence-corrected chi connectivity index (χ2v) is 6.65. The van der Waals surface area contributed by atoms with Crippen LogP contribution >= 0.6 is 46.4 Å². The fourth-order valence-electron chi connectivity index (χ4n) is 2.43. The van der Waals surface area contributed by atoms with Crippen LogP contribution in [0.4, 0.5) is 0 Å². The Hall–Kier alpha value is -1.01. The van der Waals surface area contributed by atoms with Gasteiger partial charge in [0.25, 0.3) is 11.8 Å². The molecule has 5 nitrogen and oxygen atoms in total. The molecule has 2 amide bonds. The summed E-state index contributed by atoms with van der Waals surface area (Å²) in [6, 6.07) is -1.45. The first-order valence-corrected chi connectivity index (χ1v) is 8.10. The number of carbonyl (C=O) groups is 3. The Bertz CT molecular complexity index is 687. The monoisotopic (exact) mass is 396 g/mol. The first-order valence-electron chi connectivity index (χ1n) is 6.59. The van der Waals surface area contributed by atoms with Crippen molar-refractivity contribution in [2.24, 2.45) is 5.92 Å². The van der Waals surface area contributed by atoms with Crippen LogP contribution in [0.5, 0.6) is 0 Å². The van der Waals surface area contributed by atoms with Crippen LogP contribution in [0.15, 0.2) is 0 Å². The highest BCUT2D eigenvalue weighted by Crippen LogP contribution is 2.45. The maximum absolute atomic E-state index is 12.6. The molecule has 1 aliphatic heterocycles. The third-order valence-electron chi connectivity index (χ3n) is 3.84. The predicted octanol–water partition coefficient (Wildman–Crippen LogP) is 3.06. The number of aliphatic carboxylic acids is 1. The molecule has 1 aliphatic rings. The summed E-state index contributed by atoms with van der Waals surface area (Å²) in [5.41, 5.74) is -0.490. The second kappa shape index (κ2) is 6.48. The quantitative estimate of drug-likeness (QED) is 0.444. The summed E-state index contributed by atoms with van der Waals surface area (Å²) in [4.78, 5) is 37.2. The van der Waals surface area contributed by atoms with Crippen LogP contribution in [-0.2, 0) is 4.79 Å². The predicted molar refractivity (Wildman–Crippen MR) is 85.2 cm³/mol. The molecule has 0 aromatic heterocycles.